The van der Waals surface area contributed by atoms with Crippen LogP contribution in [0.25, 0.3) is 0 Å². The molecule has 0 aromatic heterocycles. The minimum absolute atomic E-state index is 0.0734. The number of carbonyl (C=O) groups excluding carboxylic acids is 2. The summed E-state index contributed by atoms with van der Waals surface area (Å²) in [4.78, 5) is 28.8. The van der Waals surface area contributed by atoms with E-state index in [9.17, 15) is 18.0 Å². The van der Waals surface area contributed by atoms with Crippen LogP contribution in [0, 0.1) is 5.41 Å². The zero-order chi connectivity index (χ0) is 19.1. The van der Waals surface area contributed by atoms with Gasteiger partial charge in [0.15, 0.2) is 0 Å². The van der Waals surface area contributed by atoms with Crippen molar-refractivity contribution in [2.75, 3.05) is 33.8 Å². The van der Waals surface area contributed by atoms with E-state index in [1.54, 1.807) is 16.8 Å². The van der Waals surface area contributed by atoms with Gasteiger partial charge in [-0.25, -0.2) is 13.6 Å². The molecule has 0 aliphatic carbocycles. The number of rotatable bonds is 3. The first-order valence-corrected chi connectivity index (χ1v) is 9.98. The predicted octanol–water partition coefficient (Wildman–Crippen LogP) is 0.427. The molecule has 2 amide bonds. The molecule has 8 nitrogen and oxygen atoms in total. The van der Waals surface area contributed by atoms with E-state index in [-0.39, 0.29) is 28.0 Å². The minimum Gasteiger partial charge on any atom is -0.496 e. The normalized spacial score (nSPS) is 23.6. The van der Waals surface area contributed by atoms with E-state index in [1.165, 1.54) is 25.3 Å². The summed E-state index contributed by atoms with van der Waals surface area (Å²) in [5.41, 5.74) is -0.402. The van der Waals surface area contributed by atoms with Gasteiger partial charge in [-0.3, -0.25) is 9.59 Å². The van der Waals surface area contributed by atoms with Crippen molar-refractivity contribution in [2.45, 2.75) is 24.2 Å². The zero-order valence-corrected chi connectivity index (χ0v) is 15.7. The van der Waals surface area contributed by atoms with Gasteiger partial charge in [-0.2, -0.15) is 0 Å². The average molecular weight is 381 g/mol. The zero-order valence-electron chi connectivity index (χ0n) is 14.9. The Morgan fingerprint density at radius 2 is 2.00 bits per heavy atom. The summed E-state index contributed by atoms with van der Waals surface area (Å²) in [5, 5.41) is 5.17. The third-order valence-corrected chi connectivity index (χ3v) is 6.23. The van der Waals surface area contributed by atoms with Gasteiger partial charge in [0.1, 0.15) is 5.75 Å². The van der Waals surface area contributed by atoms with Gasteiger partial charge in [-0.1, -0.05) is 0 Å². The Bertz CT molecular complexity index is 854. The van der Waals surface area contributed by atoms with Crippen molar-refractivity contribution in [3.05, 3.63) is 23.8 Å². The van der Waals surface area contributed by atoms with Crippen molar-refractivity contribution in [3.8, 4) is 5.75 Å². The summed E-state index contributed by atoms with van der Waals surface area (Å²) in [7, 11) is -0.743. The second-order valence-electron chi connectivity index (χ2n) is 6.99. The van der Waals surface area contributed by atoms with Gasteiger partial charge >= 0.3 is 0 Å². The number of nitrogens with two attached hydrogens (primary N) is 1. The van der Waals surface area contributed by atoms with Gasteiger partial charge in [0.25, 0.3) is 5.91 Å². The van der Waals surface area contributed by atoms with Crippen molar-refractivity contribution in [1.29, 1.82) is 0 Å². The number of piperidine rings is 1. The number of nitrogens with zero attached hydrogens (tertiary/aromatic N) is 2. The lowest BCUT2D eigenvalue weighted by Crippen LogP contribution is -2.48. The number of primary sulfonamides is 1. The summed E-state index contributed by atoms with van der Waals surface area (Å²) in [6, 6.07) is 3.95. The van der Waals surface area contributed by atoms with Crippen molar-refractivity contribution in [1.82, 2.24) is 9.80 Å². The number of likely N-dealkylation sites (tertiary alicyclic amines) is 2. The monoisotopic (exact) mass is 381 g/mol. The Morgan fingerprint density at radius 3 is 2.65 bits per heavy atom. The molecule has 2 aliphatic heterocycles. The molecule has 0 radical (unpaired) electrons. The Labute approximate surface area is 152 Å². The van der Waals surface area contributed by atoms with E-state index in [0.717, 1.165) is 19.4 Å². The number of hydrogen-bond donors (Lipinski definition) is 1. The fourth-order valence-corrected chi connectivity index (χ4v) is 4.43. The molecule has 0 unspecified atom stereocenters. The van der Waals surface area contributed by atoms with Crippen molar-refractivity contribution in [3.63, 3.8) is 0 Å². The maximum absolute atomic E-state index is 13.0. The van der Waals surface area contributed by atoms with Crippen LogP contribution < -0.4 is 9.88 Å². The van der Waals surface area contributed by atoms with Crippen LogP contribution in [0.2, 0.25) is 0 Å². The van der Waals surface area contributed by atoms with E-state index in [2.05, 4.69) is 0 Å². The number of benzene rings is 1. The van der Waals surface area contributed by atoms with Crippen LogP contribution in [0.3, 0.4) is 0 Å². The van der Waals surface area contributed by atoms with Gasteiger partial charge in [0.2, 0.25) is 15.9 Å². The molecule has 26 heavy (non-hydrogen) atoms. The topological polar surface area (TPSA) is 110 Å². The number of hydrogen-bond acceptors (Lipinski definition) is 5. The molecule has 0 bridgehead atoms. The number of carbonyl (C=O) groups is 2. The van der Waals surface area contributed by atoms with Gasteiger partial charge < -0.3 is 14.5 Å². The van der Waals surface area contributed by atoms with Crippen molar-refractivity contribution >= 4 is 21.8 Å². The SMILES string of the molecule is COc1ccc(S(N)(=O)=O)cc1C(=O)N1CC[C@]2(CCCN(C)C2=O)C1. The van der Waals surface area contributed by atoms with Crippen LogP contribution in [0.15, 0.2) is 23.1 Å². The van der Waals surface area contributed by atoms with E-state index in [1.807, 2.05) is 0 Å². The molecule has 3 rings (SSSR count). The molecule has 1 spiro atoms. The quantitative estimate of drug-likeness (QED) is 0.816. The van der Waals surface area contributed by atoms with Crippen LogP contribution in [-0.2, 0) is 14.8 Å². The van der Waals surface area contributed by atoms with E-state index in [0.29, 0.717) is 19.5 Å². The summed E-state index contributed by atoms with van der Waals surface area (Å²) < 4.78 is 28.4. The molecule has 0 saturated carbocycles. The Balaban J connectivity index is 1.90. The molecular weight excluding hydrogens is 358 g/mol. The maximum Gasteiger partial charge on any atom is 0.257 e. The average Bonchev–Trinajstić information content (AvgIpc) is 3.03. The Morgan fingerprint density at radius 1 is 1.27 bits per heavy atom. The van der Waals surface area contributed by atoms with Crippen LogP contribution in [0.4, 0.5) is 0 Å². The number of ether oxygens (including phenoxy) is 1. The predicted molar refractivity (Wildman–Crippen MR) is 94.2 cm³/mol. The molecule has 2 heterocycles. The molecule has 142 valence electrons. The standard InChI is InChI=1S/C17H23N3O5S/c1-19-8-3-6-17(16(19)22)7-9-20(11-17)15(21)13-10-12(26(18,23)24)4-5-14(13)25-2/h4-5,10H,3,6-9,11H2,1-2H3,(H2,18,23,24)/t17-/m1/s1. The number of sulfonamides is 1. The molecule has 1 aromatic rings. The first-order valence-electron chi connectivity index (χ1n) is 8.44. The second-order valence-corrected chi connectivity index (χ2v) is 8.56. The lowest BCUT2D eigenvalue weighted by molar-refractivity contribution is -0.143. The van der Waals surface area contributed by atoms with Gasteiger partial charge in [-0.15, -0.1) is 0 Å². The lowest BCUT2D eigenvalue weighted by Gasteiger charge is -2.37. The summed E-state index contributed by atoms with van der Waals surface area (Å²) in [6.45, 7) is 1.51. The lowest BCUT2D eigenvalue weighted by atomic mass is 9.78. The second kappa shape index (κ2) is 6.55. The van der Waals surface area contributed by atoms with Gasteiger partial charge in [0.05, 0.1) is 23.0 Å². The van der Waals surface area contributed by atoms with Crippen molar-refractivity contribution in [2.24, 2.45) is 10.6 Å². The van der Waals surface area contributed by atoms with Crippen LogP contribution in [-0.4, -0.2) is 63.8 Å². The fourth-order valence-electron chi connectivity index (χ4n) is 3.89. The smallest absolute Gasteiger partial charge is 0.257 e. The molecule has 2 N–H and O–H groups in total. The molecule has 1 atom stereocenters. The van der Waals surface area contributed by atoms with Crippen LogP contribution in [0.1, 0.15) is 29.6 Å². The van der Waals surface area contributed by atoms with E-state index >= 15 is 0 Å². The molecule has 1 aromatic carbocycles. The highest BCUT2D eigenvalue weighted by Gasteiger charge is 2.48. The van der Waals surface area contributed by atoms with E-state index in [4.69, 9.17) is 9.88 Å². The number of amides is 2. The molecule has 2 aliphatic rings. The number of methoxy groups -OCH3 is 1. The summed E-state index contributed by atoms with van der Waals surface area (Å²) >= 11 is 0. The highest BCUT2D eigenvalue weighted by Crippen LogP contribution is 2.40. The molecule has 9 heteroatoms. The first-order chi connectivity index (χ1) is 12.2. The van der Waals surface area contributed by atoms with Gasteiger partial charge in [0, 0.05) is 26.7 Å². The summed E-state index contributed by atoms with van der Waals surface area (Å²) in [5.74, 6) is -0.00927. The van der Waals surface area contributed by atoms with Crippen LogP contribution >= 0.6 is 0 Å². The van der Waals surface area contributed by atoms with E-state index < -0.39 is 15.4 Å². The first kappa shape index (κ1) is 18.7. The minimum atomic E-state index is -3.94. The Kier molecular flexibility index (Phi) is 4.70. The molecule has 2 saturated heterocycles. The molecular formula is C17H23N3O5S. The fraction of sp³-hybridized carbons (Fsp3) is 0.529. The summed E-state index contributed by atoms with van der Waals surface area (Å²) in [6.07, 6.45) is 2.28. The Hall–Kier alpha value is -2.13. The van der Waals surface area contributed by atoms with Gasteiger partial charge in [-0.05, 0) is 37.5 Å². The van der Waals surface area contributed by atoms with Crippen LogP contribution in [0.5, 0.6) is 5.75 Å². The third kappa shape index (κ3) is 3.16. The maximum atomic E-state index is 13.0. The molecule has 2 fully saturated rings. The van der Waals surface area contributed by atoms with Crippen molar-refractivity contribution < 1.29 is 22.7 Å². The third-order valence-electron chi connectivity index (χ3n) is 5.32. The largest absolute Gasteiger partial charge is 0.496 e. The highest BCUT2D eigenvalue weighted by molar-refractivity contribution is 7.89. The highest BCUT2D eigenvalue weighted by atomic mass is 32.2.